The van der Waals surface area contributed by atoms with Gasteiger partial charge in [-0.3, -0.25) is 4.79 Å². The van der Waals surface area contributed by atoms with E-state index in [4.69, 9.17) is 14.6 Å². The van der Waals surface area contributed by atoms with E-state index >= 15 is 0 Å². The van der Waals surface area contributed by atoms with Crippen LogP contribution >= 0.6 is 0 Å². The Kier molecular flexibility index (Phi) is 6.70. The van der Waals surface area contributed by atoms with Gasteiger partial charge in [0.05, 0.1) is 25.5 Å². The molecule has 30 heavy (non-hydrogen) atoms. The number of hydrogen-bond acceptors (Lipinski definition) is 4. The summed E-state index contributed by atoms with van der Waals surface area (Å²) < 4.78 is 12.6. The summed E-state index contributed by atoms with van der Waals surface area (Å²) in [4.78, 5) is 15.1. The second-order valence-corrected chi connectivity index (χ2v) is 6.53. The van der Waals surface area contributed by atoms with Crippen LogP contribution in [0.4, 0.5) is 0 Å². The van der Waals surface area contributed by atoms with Crippen molar-refractivity contribution in [2.24, 2.45) is 0 Å². The molecule has 0 saturated heterocycles. The molecule has 0 spiro atoms. The molecule has 1 aromatic heterocycles. The molecule has 1 amide bonds. The molecule has 3 aromatic rings. The van der Waals surface area contributed by atoms with Crippen molar-refractivity contribution in [3.8, 4) is 28.4 Å². The first-order chi connectivity index (χ1) is 14.6. The van der Waals surface area contributed by atoms with E-state index in [9.17, 15) is 4.79 Å². The van der Waals surface area contributed by atoms with Gasteiger partial charge in [-0.2, -0.15) is 5.10 Å². The van der Waals surface area contributed by atoms with Crippen LogP contribution in [-0.4, -0.2) is 47.9 Å². The van der Waals surface area contributed by atoms with E-state index < -0.39 is 0 Å². The van der Waals surface area contributed by atoms with Gasteiger partial charge < -0.3 is 14.4 Å². The quantitative estimate of drug-likeness (QED) is 0.498. The highest BCUT2D eigenvalue weighted by Crippen LogP contribution is 2.35. The standard InChI is InChI=1S/C24H25N3O3/c1-5-14-26(15-6-2)24(28)21-17-27(18-10-8-7-9-11-18)25-23(21)20-16-19(29-3)12-13-22(20)30-4/h5-13,16-17H,1-2,14-15H2,3-4H3. The molecule has 0 aliphatic carbocycles. The van der Waals surface area contributed by atoms with Crippen molar-refractivity contribution in [3.63, 3.8) is 0 Å². The highest BCUT2D eigenvalue weighted by atomic mass is 16.5. The van der Waals surface area contributed by atoms with Gasteiger partial charge >= 0.3 is 0 Å². The van der Waals surface area contributed by atoms with Gasteiger partial charge in [0.25, 0.3) is 5.91 Å². The number of ether oxygens (including phenoxy) is 2. The molecule has 0 fully saturated rings. The maximum Gasteiger partial charge on any atom is 0.258 e. The second kappa shape index (κ2) is 9.60. The van der Waals surface area contributed by atoms with Crippen molar-refractivity contribution in [1.82, 2.24) is 14.7 Å². The van der Waals surface area contributed by atoms with Gasteiger partial charge in [0.2, 0.25) is 0 Å². The molecule has 0 aliphatic heterocycles. The Morgan fingerprint density at radius 2 is 1.77 bits per heavy atom. The molecule has 6 nitrogen and oxygen atoms in total. The molecular formula is C24H25N3O3. The maximum atomic E-state index is 13.4. The number of aromatic nitrogens is 2. The van der Waals surface area contributed by atoms with Gasteiger partial charge in [-0.1, -0.05) is 30.4 Å². The van der Waals surface area contributed by atoms with E-state index in [1.165, 1.54) is 0 Å². The fourth-order valence-electron chi connectivity index (χ4n) is 3.16. The second-order valence-electron chi connectivity index (χ2n) is 6.53. The van der Waals surface area contributed by atoms with Crippen LogP contribution in [0.5, 0.6) is 11.5 Å². The van der Waals surface area contributed by atoms with Crippen LogP contribution in [0.15, 0.2) is 80.0 Å². The lowest BCUT2D eigenvalue weighted by molar-refractivity contribution is 0.0791. The molecule has 154 valence electrons. The molecular weight excluding hydrogens is 378 g/mol. The Morgan fingerprint density at radius 3 is 2.37 bits per heavy atom. The number of rotatable bonds is 9. The molecule has 0 saturated carbocycles. The van der Waals surface area contributed by atoms with Crippen LogP contribution < -0.4 is 9.47 Å². The summed E-state index contributed by atoms with van der Waals surface area (Å²) in [5, 5.41) is 4.74. The van der Waals surface area contributed by atoms with Crippen LogP contribution in [0, 0.1) is 0 Å². The van der Waals surface area contributed by atoms with Gasteiger partial charge in [0, 0.05) is 24.8 Å². The lowest BCUT2D eigenvalue weighted by Gasteiger charge is -2.19. The first-order valence-corrected chi connectivity index (χ1v) is 9.51. The van der Waals surface area contributed by atoms with Crippen molar-refractivity contribution < 1.29 is 14.3 Å². The van der Waals surface area contributed by atoms with E-state index in [0.717, 1.165) is 5.69 Å². The number of carbonyl (C=O) groups is 1. The topological polar surface area (TPSA) is 56.6 Å². The molecule has 0 atom stereocenters. The molecule has 0 aliphatic rings. The highest BCUT2D eigenvalue weighted by molar-refractivity contribution is 6.00. The summed E-state index contributed by atoms with van der Waals surface area (Å²) in [5.74, 6) is 1.08. The average molecular weight is 403 g/mol. The van der Waals surface area contributed by atoms with Gasteiger partial charge in [-0.15, -0.1) is 13.2 Å². The SMILES string of the molecule is C=CCN(CC=C)C(=O)c1cn(-c2ccccc2)nc1-c1cc(OC)ccc1OC. The number of nitrogens with zero attached hydrogens (tertiary/aromatic N) is 3. The van der Waals surface area contributed by atoms with Crippen LogP contribution in [0.3, 0.4) is 0 Å². The molecule has 1 heterocycles. The van der Waals surface area contributed by atoms with Crippen LogP contribution in [0.1, 0.15) is 10.4 Å². The minimum absolute atomic E-state index is 0.170. The van der Waals surface area contributed by atoms with Crippen molar-refractivity contribution in [2.75, 3.05) is 27.3 Å². The minimum atomic E-state index is -0.170. The third-order valence-corrected chi connectivity index (χ3v) is 4.61. The smallest absolute Gasteiger partial charge is 0.258 e. The molecule has 0 bridgehead atoms. The normalized spacial score (nSPS) is 10.3. The zero-order chi connectivity index (χ0) is 21.5. The van der Waals surface area contributed by atoms with Gasteiger partial charge in [-0.05, 0) is 30.3 Å². The number of hydrogen-bond donors (Lipinski definition) is 0. The third kappa shape index (κ3) is 4.27. The number of methoxy groups -OCH3 is 2. The molecule has 0 radical (unpaired) electrons. The highest BCUT2D eigenvalue weighted by Gasteiger charge is 2.24. The molecule has 6 heteroatoms. The monoisotopic (exact) mass is 403 g/mol. The Labute approximate surface area is 176 Å². The Balaban J connectivity index is 2.21. The lowest BCUT2D eigenvalue weighted by atomic mass is 10.1. The number of carbonyl (C=O) groups excluding carboxylic acids is 1. The fraction of sp³-hybridized carbons (Fsp3) is 0.167. The Hall–Kier alpha value is -3.80. The maximum absolute atomic E-state index is 13.4. The van der Waals surface area contributed by atoms with Crippen LogP contribution in [0.25, 0.3) is 16.9 Å². The van der Waals surface area contributed by atoms with Crippen LogP contribution in [0.2, 0.25) is 0 Å². The van der Waals surface area contributed by atoms with E-state index in [1.54, 1.807) is 54.3 Å². The van der Waals surface area contributed by atoms with Crippen molar-refractivity contribution in [2.45, 2.75) is 0 Å². The minimum Gasteiger partial charge on any atom is -0.497 e. The van der Waals surface area contributed by atoms with Crippen molar-refractivity contribution in [1.29, 1.82) is 0 Å². The zero-order valence-electron chi connectivity index (χ0n) is 17.2. The molecule has 3 rings (SSSR count). The predicted molar refractivity (Wildman–Crippen MR) is 118 cm³/mol. The molecule has 0 unspecified atom stereocenters. The fourth-order valence-corrected chi connectivity index (χ4v) is 3.16. The first kappa shape index (κ1) is 20.9. The number of para-hydroxylation sites is 1. The molecule has 0 N–H and O–H groups in total. The van der Waals surface area contributed by atoms with Gasteiger partial charge in [0.15, 0.2) is 0 Å². The van der Waals surface area contributed by atoms with Crippen molar-refractivity contribution in [3.05, 3.63) is 85.6 Å². The summed E-state index contributed by atoms with van der Waals surface area (Å²) >= 11 is 0. The van der Waals surface area contributed by atoms with E-state index in [-0.39, 0.29) is 5.91 Å². The largest absolute Gasteiger partial charge is 0.497 e. The molecule has 2 aromatic carbocycles. The Bertz CT molecular complexity index is 1030. The number of amides is 1. The van der Waals surface area contributed by atoms with Gasteiger partial charge in [0.1, 0.15) is 17.2 Å². The van der Waals surface area contributed by atoms with E-state index in [0.29, 0.717) is 41.4 Å². The Morgan fingerprint density at radius 1 is 1.07 bits per heavy atom. The lowest BCUT2D eigenvalue weighted by Crippen LogP contribution is -2.31. The summed E-state index contributed by atoms with van der Waals surface area (Å²) in [6.07, 6.45) is 5.12. The summed E-state index contributed by atoms with van der Waals surface area (Å²) in [5.41, 5.74) is 2.48. The van der Waals surface area contributed by atoms with Crippen molar-refractivity contribution >= 4 is 5.91 Å². The van der Waals surface area contributed by atoms with E-state index in [2.05, 4.69) is 13.2 Å². The third-order valence-electron chi connectivity index (χ3n) is 4.61. The zero-order valence-corrected chi connectivity index (χ0v) is 17.2. The van der Waals surface area contributed by atoms with Gasteiger partial charge in [-0.25, -0.2) is 4.68 Å². The summed E-state index contributed by atoms with van der Waals surface area (Å²) in [7, 11) is 3.18. The average Bonchev–Trinajstić information content (AvgIpc) is 3.24. The first-order valence-electron chi connectivity index (χ1n) is 9.51. The van der Waals surface area contributed by atoms with E-state index in [1.807, 2.05) is 36.4 Å². The van der Waals surface area contributed by atoms with Crippen LogP contribution in [-0.2, 0) is 0 Å². The summed E-state index contributed by atoms with van der Waals surface area (Å²) in [6, 6.07) is 15.1. The number of benzene rings is 2. The predicted octanol–water partition coefficient (Wildman–Crippen LogP) is 4.37. The summed E-state index contributed by atoms with van der Waals surface area (Å²) in [6.45, 7) is 8.31.